The standard InChI is InChI=1S/C12H19BrO7P2S/c1-16-21(15,17-2)12(22(18-3,19-4)20-5)23-11-8-9(13)6-7-10(11)14/h6-8,14H,1-5H3. The lowest BCUT2D eigenvalue weighted by atomic mass is 10.3. The molecule has 7 nitrogen and oxygen atoms in total. The zero-order valence-electron chi connectivity index (χ0n) is 13.3. The van der Waals surface area contributed by atoms with Crippen molar-refractivity contribution < 1.29 is 32.3 Å². The topological polar surface area (TPSA) is 83.5 Å². The smallest absolute Gasteiger partial charge is 0.374 e. The molecule has 0 aliphatic carbocycles. The van der Waals surface area contributed by atoms with Crippen LogP contribution in [0.2, 0.25) is 0 Å². The number of benzene rings is 1. The molecule has 0 radical (unpaired) electrons. The molecule has 0 saturated heterocycles. The van der Waals surface area contributed by atoms with Gasteiger partial charge in [-0.15, -0.1) is 0 Å². The fourth-order valence-corrected chi connectivity index (χ4v) is 9.09. The van der Waals surface area contributed by atoms with Crippen molar-refractivity contribution in [2.24, 2.45) is 0 Å². The summed E-state index contributed by atoms with van der Waals surface area (Å²) in [5.41, 5.74) is 0. The van der Waals surface area contributed by atoms with Crippen LogP contribution in [0.4, 0.5) is 0 Å². The molecular formula is C12H19BrO7P2S. The maximum Gasteiger partial charge on any atom is 0.374 e. The van der Waals surface area contributed by atoms with Gasteiger partial charge in [-0.1, -0.05) is 27.7 Å². The average Bonchev–Trinajstić information content (AvgIpc) is 2.58. The van der Waals surface area contributed by atoms with Crippen molar-refractivity contribution in [1.82, 2.24) is 0 Å². The molecule has 0 heterocycles. The molecule has 1 aromatic carbocycles. The lowest BCUT2D eigenvalue weighted by Crippen LogP contribution is -2.07. The van der Waals surface area contributed by atoms with Crippen LogP contribution >= 0.6 is 42.9 Å². The van der Waals surface area contributed by atoms with Gasteiger partial charge in [0.25, 0.3) is 7.57 Å². The van der Waals surface area contributed by atoms with Crippen LogP contribution in [0.25, 0.3) is 0 Å². The Kier molecular flexibility index (Phi) is 8.34. The first-order chi connectivity index (χ1) is 10.8. The van der Waals surface area contributed by atoms with Crippen LogP contribution in [-0.2, 0) is 27.2 Å². The molecule has 0 saturated carbocycles. The number of phenols is 1. The van der Waals surface area contributed by atoms with Crippen molar-refractivity contribution in [3.63, 3.8) is 0 Å². The van der Waals surface area contributed by atoms with Gasteiger partial charge in [0.1, 0.15) is 5.75 Å². The minimum Gasteiger partial charge on any atom is -0.507 e. The van der Waals surface area contributed by atoms with Crippen LogP contribution < -0.4 is 0 Å². The van der Waals surface area contributed by atoms with Crippen LogP contribution in [0.5, 0.6) is 5.75 Å². The van der Waals surface area contributed by atoms with Crippen molar-refractivity contribution >= 4 is 47.2 Å². The summed E-state index contributed by atoms with van der Waals surface area (Å²) in [7, 11) is -0.278. The van der Waals surface area contributed by atoms with E-state index in [2.05, 4.69) is 15.9 Å². The molecule has 132 valence electrons. The van der Waals surface area contributed by atoms with E-state index in [4.69, 9.17) is 22.6 Å². The van der Waals surface area contributed by atoms with E-state index in [0.717, 1.165) is 16.2 Å². The third-order valence-corrected chi connectivity index (χ3v) is 10.7. The molecule has 1 aromatic rings. The third kappa shape index (κ3) is 4.63. The summed E-state index contributed by atoms with van der Waals surface area (Å²) in [5.74, 6) is -0.00383. The average molecular weight is 449 g/mol. The predicted molar refractivity (Wildman–Crippen MR) is 96.2 cm³/mol. The van der Waals surface area contributed by atoms with Gasteiger partial charge in [0.15, 0.2) is 4.37 Å². The first kappa shape index (κ1) is 21.2. The van der Waals surface area contributed by atoms with Crippen LogP contribution in [0.15, 0.2) is 27.6 Å². The van der Waals surface area contributed by atoms with Gasteiger partial charge >= 0.3 is 7.60 Å². The Labute approximate surface area is 148 Å². The molecule has 0 amide bonds. The number of hydrogen-bond donors (Lipinski definition) is 1. The molecule has 0 spiro atoms. The monoisotopic (exact) mass is 448 g/mol. The van der Waals surface area contributed by atoms with Gasteiger partial charge in [0.2, 0.25) is 0 Å². The molecule has 11 heteroatoms. The van der Waals surface area contributed by atoms with Gasteiger partial charge in [-0.25, -0.2) is 0 Å². The molecule has 0 bridgehead atoms. The fraction of sp³-hybridized carbons (Fsp3) is 0.417. The Morgan fingerprint density at radius 1 is 1.04 bits per heavy atom. The molecule has 0 aliphatic heterocycles. The van der Waals surface area contributed by atoms with Crippen molar-refractivity contribution in [3.8, 4) is 5.75 Å². The molecule has 0 aliphatic rings. The maximum atomic E-state index is 13.0. The van der Waals surface area contributed by atoms with Gasteiger partial charge in [0, 0.05) is 40.0 Å². The van der Waals surface area contributed by atoms with E-state index in [0.29, 0.717) is 4.90 Å². The van der Waals surface area contributed by atoms with Crippen LogP contribution in [-0.4, -0.2) is 45.0 Å². The highest BCUT2D eigenvalue weighted by Gasteiger charge is 2.40. The maximum absolute atomic E-state index is 13.0. The minimum absolute atomic E-state index is 0.00383. The van der Waals surface area contributed by atoms with E-state index in [9.17, 15) is 9.67 Å². The lowest BCUT2D eigenvalue weighted by Gasteiger charge is -2.27. The molecular weight excluding hydrogens is 430 g/mol. The number of hydrogen-bond acceptors (Lipinski definition) is 8. The summed E-state index contributed by atoms with van der Waals surface area (Å²) in [4.78, 5) is 0.416. The Hall–Kier alpha value is 0.180. The van der Waals surface area contributed by atoms with Crippen LogP contribution in [0.3, 0.4) is 0 Å². The Morgan fingerprint density at radius 2 is 1.57 bits per heavy atom. The van der Waals surface area contributed by atoms with Gasteiger partial charge in [0.05, 0.1) is 4.90 Å². The molecule has 0 aromatic heterocycles. The van der Waals surface area contributed by atoms with E-state index in [1.807, 2.05) is 0 Å². The largest absolute Gasteiger partial charge is 0.507 e. The summed E-state index contributed by atoms with van der Waals surface area (Å²) >= 11 is 4.29. The second-order valence-electron chi connectivity index (χ2n) is 3.90. The SMILES string of the molecule is COP(=O)(OC)C(Sc1cc(Br)ccc1O)=P(OC)(OC)OC. The van der Waals surface area contributed by atoms with Crippen molar-refractivity contribution in [2.45, 2.75) is 4.90 Å². The molecule has 0 atom stereocenters. The Morgan fingerprint density at radius 3 is 2.00 bits per heavy atom. The predicted octanol–water partition coefficient (Wildman–Crippen LogP) is 4.52. The van der Waals surface area contributed by atoms with Crippen LogP contribution in [0.1, 0.15) is 0 Å². The van der Waals surface area contributed by atoms with Crippen molar-refractivity contribution in [1.29, 1.82) is 0 Å². The number of rotatable bonds is 8. The molecule has 0 fully saturated rings. The highest BCUT2D eigenvalue weighted by atomic mass is 79.9. The lowest BCUT2D eigenvalue weighted by molar-refractivity contribution is 0.232. The van der Waals surface area contributed by atoms with E-state index in [1.165, 1.54) is 41.6 Å². The Balaban J connectivity index is 3.63. The van der Waals surface area contributed by atoms with E-state index < -0.39 is 15.2 Å². The number of thioether (sulfide) groups is 1. The molecule has 1 rings (SSSR count). The zero-order chi connectivity index (χ0) is 17.7. The van der Waals surface area contributed by atoms with Crippen molar-refractivity contribution in [2.75, 3.05) is 35.5 Å². The molecule has 1 N–H and O–H groups in total. The number of phenolic OH excluding ortho intramolecular Hbond substituents is 1. The van der Waals surface area contributed by atoms with Gasteiger partial charge < -0.3 is 27.7 Å². The summed E-state index contributed by atoms with van der Waals surface area (Å²) in [6.45, 7) is 0. The fourth-order valence-electron chi connectivity index (χ4n) is 1.62. The minimum atomic E-state index is -3.74. The highest BCUT2D eigenvalue weighted by Crippen LogP contribution is 2.67. The quantitative estimate of drug-likeness (QED) is 0.458. The van der Waals surface area contributed by atoms with Gasteiger partial charge in [-0.3, -0.25) is 4.57 Å². The number of halogens is 1. The van der Waals surface area contributed by atoms with Crippen LogP contribution in [0, 0.1) is 0 Å². The molecule has 23 heavy (non-hydrogen) atoms. The second kappa shape index (κ2) is 9.04. The molecule has 0 unspecified atom stereocenters. The van der Waals surface area contributed by atoms with E-state index in [-0.39, 0.29) is 10.1 Å². The van der Waals surface area contributed by atoms with Gasteiger partial charge in [-0.2, -0.15) is 0 Å². The summed E-state index contributed by atoms with van der Waals surface area (Å²) in [6.07, 6.45) is 0. The van der Waals surface area contributed by atoms with Gasteiger partial charge in [-0.05, 0) is 18.2 Å². The second-order valence-corrected chi connectivity index (χ2v) is 11.5. The van der Waals surface area contributed by atoms with Crippen molar-refractivity contribution in [3.05, 3.63) is 22.7 Å². The first-order valence-electron chi connectivity index (χ1n) is 6.14. The number of aromatic hydroxyl groups is 1. The van der Waals surface area contributed by atoms with E-state index in [1.54, 1.807) is 12.1 Å². The normalized spacial score (nSPS) is 12.4. The summed E-state index contributed by atoms with van der Waals surface area (Å²) in [6, 6.07) is 4.84. The summed E-state index contributed by atoms with van der Waals surface area (Å²) < 4.78 is 40.1. The Bertz CT molecular complexity index is 625. The third-order valence-electron chi connectivity index (χ3n) is 2.79. The summed E-state index contributed by atoms with van der Waals surface area (Å²) in [5, 5.41) is 10.0. The highest BCUT2D eigenvalue weighted by molar-refractivity contribution is 9.10. The zero-order valence-corrected chi connectivity index (χ0v) is 17.5. The van der Waals surface area contributed by atoms with E-state index >= 15 is 0 Å². The first-order valence-corrected chi connectivity index (χ1v) is 10.8.